The molecule has 6 nitrogen and oxygen atoms in total. The monoisotopic (exact) mass is 389 g/mol. The maximum absolute atomic E-state index is 12.7. The van der Waals surface area contributed by atoms with E-state index in [1.54, 1.807) is 24.3 Å². The summed E-state index contributed by atoms with van der Waals surface area (Å²) in [5, 5.41) is 0. The highest BCUT2D eigenvalue weighted by molar-refractivity contribution is 7.89. The minimum absolute atomic E-state index is 0.0687. The molecule has 0 bridgehead atoms. The number of hydrogen-bond acceptors (Lipinski definition) is 4. The van der Waals surface area contributed by atoms with E-state index in [0.29, 0.717) is 32.5 Å². The fourth-order valence-corrected chi connectivity index (χ4v) is 3.47. The van der Waals surface area contributed by atoms with Gasteiger partial charge in [0.25, 0.3) is 0 Å². The van der Waals surface area contributed by atoms with Crippen LogP contribution in [-0.2, 0) is 27.8 Å². The molecule has 0 aliphatic rings. The molecule has 0 aliphatic heterocycles. The Labute approximate surface area is 161 Å². The molecule has 0 aliphatic carbocycles. The number of aryl methyl sites for hydroxylation is 1. The first-order chi connectivity index (χ1) is 13.0. The second-order valence-corrected chi connectivity index (χ2v) is 8.18. The van der Waals surface area contributed by atoms with Gasteiger partial charge in [-0.05, 0) is 49.7 Å². The summed E-state index contributed by atoms with van der Waals surface area (Å²) in [6, 6.07) is 16.5. The average Bonchev–Trinajstić information content (AvgIpc) is 2.70. The first-order valence-electron chi connectivity index (χ1n) is 9.00. The van der Waals surface area contributed by atoms with Gasteiger partial charge in [-0.25, -0.2) is 13.1 Å². The molecule has 0 spiro atoms. The number of benzene rings is 2. The fourth-order valence-electron chi connectivity index (χ4n) is 2.74. The number of nitrogens with two attached hydrogens (primary N) is 1. The first-order valence-corrected chi connectivity index (χ1v) is 10.5. The number of sulfonamides is 1. The topological polar surface area (TPSA) is 92.5 Å². The fraction of sp³-hybridized carbons (Fsp3) is 0.350. The average molecular weight is 390 g/mol. The van der Waals surface area contributed by atoms with Crippen molar-refractivity contribution in [1.82, 2.24) is 9.62 Å². The number of nitrogens with zero attached hydrogens (tertiary/aromatic N) is 1. The van der Waals surface area contributed by atoms with E-state index in [1.165, 1.54) is 7.05 Å². The Bertz CT molecular complexity index is 821. The SMILES string of the molecule is CNS(=O)(=O)c1ccc(CCC(=O)N(CCCN)Cc2ccccc2)cc1. The highest BCUT2D eigenvalue weighted by atomic mass is 32.2. The lowest BCUT2D eigenvalue weighted by molar-refractivity contribution is -0.131. The third-order valence-corrected chi connectivity index (χ3v) is 5.76. The lowest BCUT2D eigenvalue weighted by Crippen LogP contribution is -2.32. The van der Waals surface area contributed by atoms with Gasteiger partial charge in [0.1, 0.15) is 0 Å². The predicted octanol–water partition coefficient (Wildman–Crippen LogP) is 1.90. The minimum Gasteiger partial charge on any atom is -0.338 e. The van der Waals surface area contributed by atoms with Gasteiger partial charge in [-0.3, -0.25) is 4.79 Å². The van der Waals surface area contributed by atoms with Gasteiger partial charge in [-0.15, -0.1) is 0 Å². The summed E-state index contributed by atoms with van der Waals surface area (Å²) in [5.41, 5.74) is 7.62. The molecular weight excluding hydrogens is 362 g/mol. The van der Waals surface area contributed by atoms with E-state index in [1.807, 2.05) is 35.2 Å². The smallest absolute Gasteiger partial charge is 0.240 e. The van der Waals surface area contributed by atoms with Crippen LogP contribution in [0.4, 0.5) is 0 Å². The predicted molar refractivity (Wildman–Crippen MR) is 107 cm³/mol. The molecule has 146 valence electrons. The van der Waals surface area contributed by atoms with Crippen molar-refractivity contribution in [1.29, 1.82) is 0 Å². The highest BCUT2D eigenvalue weighted by Gasteiger charge is 2.14. The first kappa shape index (κ1) is 21.1. The number of rotatable bonds is 10. The Morgan fingerprint density at radius 3 is 2.30 bits per heavy atom. The molecule has 27 heavy (non-hydrogen) atoms. The van der Waals surface area contributed by atoms with Crippen molar-refractivity contribution in [3.05, 3.63) is 65.7 Å². The van der Waals surface area contributed by atoms with Crippen molar-refractivity contribution < 1.29 is 13.2 Å². The molecule has 0 aromatic heterocycles. The van der Waals surface area contributed by atoms with Crippen molar-refractivity contribution in [2.24, 2.45) is 5.73 Å². The Balaban J connectivity index is 1.98. The van der Waals surface area contributed by atoms with E-state index >= 15 is 0 Å². The summed E-state index contributed by atoms with van der Waals surface area (Å²) >= 11 is 0. The Morgan fingerprint density at radius 1 is 1.04 bits per heavy atom. The van der Waals surface area contributed by atoms with Crippen LogP contribution < -0.4 is 10.5 Å². The van der Waals surface area contributed by atoms with Crippen LogP contribution in [0.5, 0.6) is 0 Å². The zero-order valence-corrected chi connectivity index (χ0v) is 16.4. The van der Waals surface area contributed by atoms with Crippen LogP contribution in [-0.4, -0.2) is 39.4 Å². The van der Waals surface area contributed by atoms with Crippen LogP contribution in [0.15, 0.2) is 59.5 Å². The second kappa shape index (κ2) is 10.2. The number of carbonyl (C=O) groups excluding carboxylic acids is 1. The van der Waals surface area contributed by atoms with Gasteiger partial charge in [0.05, 0.1) is 4.90 Å². The van der Waals surface area contributed by atoms with E-state index in [0.717, 1.165) is 17.5 Å². The summed E-state index contributed by atoms with van der Waals surface area (Å²) in [6.45, 7) is 1.74. The van der Waals surface area contributed by atoms with E-state index in [2.05, 4.69) is 4.72 Å². The van der Waals surface area contributed by atoms with Gasteiger partial charge in [0, 0.05) is 19.5 Å². The van der Waals surface area contributed by atoms with E-state index < -0.39 is 10.0 Å². The van der Waals surface area contributed by atoms with E-state index in [-0.39, 0.29) is 10.8 Å². The molecule has 2 aromatic carbocycles. The van der Waals surface area contributed by atoms with Gasteiger partial charge in [0.15, 0.2) is 0 Å². The maximum atomic E-state index is 12.7. The zero-order chi connectivity index (χ0) is 19.7. The molecular formula is C20H27N3O3S. The van der Waals surface area contributed by atoms with Gasteiger partial charge >= 0.3 is 0 Å². The molecule has 2 aromatic rings. The van der Waals surface area contributed by atoms with Gasteiger partial charge < -0.3 is 10.6 Å². The number of amides is 1. The summed E-state index contributed by atoms with van der Waals surface area (Å²) in [7, 11) is -2.06. The number of carbonyl (C=O) groups is 1. The van der Waals surface area contributed by atoms with Crippen LogP contribution in [0.3, 0.4) is 0 Å². The minimum atomic E-state index is -3.44. The molecule has 1 amide bonds. The number of hydrogen-bond donors (Lipinski definition) is 2. The van der Waals surface area contributed by atoms with Gasteiger partial charge in [-0.2, -0.15) is 0 Å². The quantitative estimate of drug-likeness (QED) is 0.649. The van der Waals surface area contributed by atoms with Crippen LogP contribution >= 0.6 is 0 Å². The van der Waals surface area contributed by atoms with E-state index in [4.69, 9.17) is 5.73 Å². The Kier molecular flexibility index (Phi) is 7.97. The molecule has 0 saturated heterocycles. The molecule has 0 radical (unpaired) electrons. The third kappa shape index (κ3) is 6.46. The lowest BCUT2D eigenvalue weighted by atomic mass is 10.1. The lowest BCUT2D eigenvalue weighted by Gasteiger charge is -2.23. The summed E-state index contributed by atoms with van der Waals surface area (Å²) in [6.07, 6.45) is 1.69. The largest absolute Gasteiger partial charge is 0.338 e. The van der Waals surface area contributed by atoms with Crippen molar-refractivity contribution in [2.45, 2.75) is 30.7 Å². The molecule has 0 fully saturated rings. The van der Waals surface area contributed by atoms with E-state index in [9.17, 15) is 13.2 Å². The standard InChI is InChI=1S/C20H27N3O3S/c1-22-27(25,26)19-11-8-17(9-12-19)10-13-20(24)23(15-5-14-21)16-18-6-3-2-4-7-18/h2-4,6-9,11-12,22H,5,10,13-16,21H2,1H3. The zero-order valence-electron chi connectivity index (χ0n) is 15.6. The highest BCUT2D eigenvalue weighted by Crippen LogP contribution is 2.13. The number of nitrogens with one attached hydrogen (secondary N) is 1. The van der Waals surface area contributed by atoms with Gasteiger partial charge in [-0.1, -0.05) is 42.5 Å². The Hall–Kier alpha value is -2.22. The Morgan fingerprint density at radius 2 is 1.70 bits per heavy atom. The summed E-state index contributed by atoms with van der Waals surface area (Å²) in [5.74, 6) is 0.0687. The van der Waals surface area contributed by atoms with Crippen molar-refractivity contribution in [3.63, 3.8) is 0 Å². The molecule has 3 N–H and O–H groups in total. The normalized spacial score (nSPS) is 11.3. The second-order valence-electron chi connectivity index (χ2n) is 6.29. The van der Waals surface area contributed by atoms with Crippen LogP contribution in [0.1, 0.15) is 24.0 Å². The van der Waals surface area contributed by atoms with Gasteiger partial charge in [0.2, 0.25) is 15.9 Å². The molecule has 2 rings (SSSR count). The van der Waals surface area contributed by atoms with Crippen molar-refractivity contribution >= 4 is 15.9 Å². The molecule has 0 unspecified atom stereocenters. The summed E-state index contributed by atoms with van der Waals surface area (Å²) in [4.78, 5) is 14.7. The molecule has 7 heteroatoms. The molecule has 0 atom stereocenters. The van der Waals surface area contributed by atoms with Crippen LogP contribution in [0, 0.1) is 0 Å². The molecule has 0 heterocycles. The molecule has 0 saturated carbocycles. The van der Waals surface area contributed by atoms with Crippen LogP contribution in [0.25, 0.3) is 0 Å². The maximum Gasteiger partial charge on any atom is 0.240 e. The third-order valence-electron chi connectivity index (χ3n) is 4.33. The van der Waals surface area contributed by atoms with Crippen molar-refractivity contribution in [2.75, 3.05) is 20.1 Å². The summed E-state index contributed by atoms with van der Waals surface area (Å²) < 4.78 is 25.8. The van der Waals surface area contributed by atoms with Crippen molar-refractivity contribution in [3.8, 4) is 0 Å². The van der Waals surface area contributed by atoms with Crippen LogP contribution in [0.2, 0.25) is 0 Å².